The number of aliphatic hydroxyl groups is 3. The molecular formula is C27H34N4O8. The summed E-state index contributed by atoms with van der Waals surface area (Å²) in [7, 11) is 3.49. The minimum Gasteiger partial charge on any atom is -0.508 e. The summed E-state index contributed by atoms with van der Waals surface area (Å²) < 4.78 is 0. The summed E-state index contributed by atoms with van der Waals surface area (Å²) in [4.78, 5) is 52.4. The van der Waals surface area contributed by atoms with E-state index in [1.165, 1.54) is 0 Å². The van der Waals surface area contributed by atoms with E-state index in [2.05, 4.69) is 10.6 Å². The van der Waals surface area contributed by atoms with E-state index in [4.69, 9.17) is 5.73 Å². The van der Waals surface area contributed by atoms with Crippen LogP contribution < -0.4 is 21.3 Å². The van der Waals surface area contributed by atoms with Crippen molar-refractivity contribution in [2.24, 2.45) is 17.6 Å². The van der Waals surface area contributed by atoms with Crippen molar-refractivity contribution >= 4 is 40.5 Å². The van der Waals surface area contributed by atoms with Gasteiger partial charge in [-0.3, -0.25) is 19.2 Å². The fraction of sp³-hybridized carbons (Fsp3) is 0.481. The SMILES string of the molecule is CN(C)c1cc(NC(=O)CNC(C)(C)C)c(O)c2c1CC1CC3CC(=O)C(C(N)=O)=C(O)C3(O)C(=O)C1=C2O. The van der Waals surface area contributed by atoms with Crippen LogP contribution in [0.15, 0.2) is 23.0 Å². The number of hydrogen-bond acceptors (Lipinski definition) is 10. The number of aliphatic hydroxyl groups excluding tert-OH is 2. The Hall–Kier alpha value is -3.90. The number of phenols is 1. The van der Waals surface area contributed by atoms with E-state index in [0.29, 0.717) is 11.3 Å². The average molecular weight is 543 g/mol. The van der Waals surface area contributed by atoms with Crippen LogP contribution in [0.25, 0.3) is 5.76 Å². The van der Waals surface area contributed by atoms with E-state index in [1.54, 1.807) is 25.1 Å². The molecule has 0 spiro atoms. The fourth-order valence-electron chi connectivity index (χ4n) is 5.70. The summed E-state index contributed by atoms with van der Waals surface area (Å²) in [6, 6.07) is 1.57. The molecule has 0 aromatic heterocycles. The summed E-state index contributed by atoms with van der Waals surface area (Å²) in [6.07, 6.45) is -0.190. The van der Waals surface area contributed by atoms with Gasteiger partial charge in [0.05, 0.1) is 17.8 Å². The predicted octanol–water partition coefficient (Wildman–Crippen LogP) is 0.817. The normalized spacial score (nSPS) is 24.7. The fourth-order valence-corrected chi connectivity index (χ4v) is 5.70. The number of fused-ring (bicyclic) bond motifs is 3. The van der Waals surface area contributed by atoms with Crippen molar-refractivity contribution in [3.63, 3.8) is 0 Å². The second kappa shape index (κ2) is 9.38. The number of nitrogens with two attached hydrogens (primary N) is 1. The van der Waals surface area contributed by atoms with Gasteiger partial charge in [-0.1, -0.05) is 0 Å². The summed E-state index contributed by atoms with van der Waals surface area (Å²) in [5.74, 6) is -7.49. The molecule has 3 aliphatic rings. The number of primary amides is 1. The van der Waals surface area contributed by atoms with Crippen LogP contribution >= 0.6 is 0 Å². The third-order valence-corrected chi connectivity index (χ3v) is 7.58. The Labute approximate surface area is 225 Å². The lowest BCUT2D eigenvalue weighted by Gasteiger charge is -2.46. The Bertz CT molecular complexity index is 1370. The number of aromatic hydroxyl groups is 1. The molecule has 0 saturated heterocycles. The molecule has 210 valence electrons. The molecule has 0 aliphatic heterocycles. The highest BCUT2D eigenvalue weighted by molar-refractivity contribution is 6.22. The molecule has 1 aromatic carbocycles. The maximum absolute atomic E-state index is 13.7. The molecular weight excluding hydrogens is 508 g/mol. The maximum atomic E-state index is 13.7. The minimum absolute atomic E-state index is 0.00521. The molecule has 0 heterocycles. The van der Waals surface area contributed by atoms with Crippen LogP contribution in [0, 0.1) is 11.8 Å². The van der Waals surface area contributed by atoms with Crippen molar-refractivity contribution in [1.82, 2.24) is 5.32 Å². The summed E-state index contributed by atoms with van der Waals surface area (Å²) >= 11 is 0. The quantitative estimate of drug-likeness (QED) is 0.206. The molecule has 3 unspecified atom stereocenters. The van der Waals surface area contributed by atoms with E-state index < -0.39 is 63.7 Å². The van der Waals surface area contributed by atoms with Gasteiger partial charge in [-0.2, -0.15) is 0 Å². The number of amides is 2. The lowest BCUT2D eigenvalue weighted by atomic mass is 9.59. The van der Waals surface area contributed by atoms with Gasteiger partial charge in [-0.05, 0) is 51.2 Å². The number of carbonyl (C=O) groups excluding carboxylic acids is 4. The number of nitrogens with zero attached hydrogens (tertiary/aromatic N) is 1. The Balaban J connectivity index is 1.84. The van der Waals surface area contributed by atoms with Crippen LogP contribution in [-0.2, 0) is 25.6 Å². The lowest BCUT2D eigenvalue weighted by Crippen LogP contribution is -2.58. The third-order valence-electron chi connectivity index (χ3n) is 7.58. The molecule has 1 saturated carbocycles. The van der Waals surface area contributed by atoms with Crippen LogP contribution in [0.5, 0.6) is 5.75 Å². The number of ketones is 2. The van der Waals surface area contributed by atoms with Gasteiger partial charge in [-0.15, -0.1) is 0 Å². The number of hydrogen-bond donors (Lipinski definition) is 7. The molecule has 12 nitrogen and oxygen atoms in total. The number of nitrogens with one attached hydrogen (secondary N) is 2. The van der Waals surface area contributed by atoms with Crippen molar-refractivity contribution in [2.75, 3.05) is 30.9 Å². The average Bonchev–Trinajstić information content (AvgIpc) is 2.80. The standard InChI is InChI=1S/C27H34N4O8/c1-26(2,3)29-10-17(33)30-14-9-15(31(4)5)13-7-11-6-12-8-16(32)20(25(28)38)24(37)27(12,39)23(36)18(11)22(35)19(13)21(14)34/h9,11-12,29,34-35,37,39H,6-8,10H2,1-5H3,(H2,28,38)(H,30,33). The lowest BCUT2D eigenvalue weighted by molar-refractivity contribution is -0.147. The molecule has 39 heavy (non-hydrogen) atoms. The number of rotatable bonds is 5. The molecule has 3 atom stereocenters. The third kappa shape index (κ3) is 4.53. The van der Waals surface area contributed by atoms with E-state index in [-0.39, 0.29) is 48.2 Å². The smallest absolute Gasteiger partial charge is 0.255 e. The van der Waals surface area contributed by atoms with Crippen molar-refractivity contribution in [2.45, 2.75) is 51.2 Å². The summed E-state index contributed by atoms with van der Waals surface area (Å²) in [5, 5.41) is 50.3. The number of benzene rings is 1. The summed E-state index contributed by atoms with van der Waals surface area (Å²) in [6.45, 7) is 5.62. The van der Waals surface area contributed by atoms with Gasteiger partial charge in [0.15, 0.2) is 11.4 Å². The molecule has 0 radical (unpaired) electrons. The minimum atomic E-state index is -2.64. The van der Waals surface area contributed by atoms with Crippen LogP contribution in [0.4, 0.5) is 11.4 Å². The topological polar surface area (TPSA) is 203 Å². The van der Waals surface area contributed by atoms with E-state index in [9.17, 15) is 39.6 Å². The Morgan fingerprint density at radius 2 is 1.79 bits per heavy atom. The Morgan fingerprint density at radius 3 is 2.36 bits per heavy atom. The van der Waals surface area contributed by atoms with Crippen LogP contribution in [0.2, 0.25) is 0 Å². The highest BCUT2D eigenvalue weighted by Gasteiger charge is 2.60. The zero-order chi connectivity index (χ0) is 29.2. The van der Waals surface area contributed by atoms with Crippen molar-refractivity contribution < 1.29 is 39.6 Å². The van der Waals surface area contributed by atoms with Gasteiger partial charge >= 0.3 is 0 Å². The van der Waals surface area contributed by atoms with E-state index >= 15 is 0 Å². The molecule has 3 aliphatic carbocycles. The van der Waals surface area contributed by atoms with E-state index in [1.807, 2.05) is 20.8 Å². The molecule has 8 N–H and O–H groups in total. The summed E-state index contributed by atoms with van der Waals surface area (Å²) in [5.41, 5.74) is 2.15. The van der Waals surface area contributed by atoms with Crippen molar-refractivity contribution in [3.8, 4) is 5.75 Å². The highest BCUT2D eigenvalue weighted by atomic mass is 16.3. The highest BCUT2D eigenvalue weighted by Crippen LogP contribution is 2.54. The molecule has 2 amide bonds. The largest absolute Gasteiger partial charge is 0.508 e. The number of Topliss-reactive ketones (excluding diaryl/α,β-unsaturated/α-hetero) is 2. The zero-order valence-electron chi connectivity index (χ0n) is 22.5. The van der Waals surface area contributed by atoms with Gasteiger partial charge in [0.2, 0.25) is 11.7 Å². The van der Waals surface area contributed by atoms with Gasteiger partial charge < -0.3 is 41.7 Å². The monoisotopic (exact) mass is 542 g/mol. The predicted molar refractivity (Wildman–Crippen MR) is 142 cm³/mol. The zero-order valence-corrected chi connectivity index (χ0v) is 22.5. The van der Waals surface area contributed by atoms with Crippen LogP contribution in [0.1, 0.15) is 44.7 Å². The first-order chi connectivity index (χ1) is 18.0. The Kier molecular flexibility index (Phi) is 6.76. The van der Waals surface area contributed by atoms with Gasteiger partial charge in [0.1, 0.15) is 22.8 Å². The first-order valence-corrected chi connectivity index (χ1v) is 12.6. The second-order valence-corrected chi connectivity index (χ2v) is 11.6. The van der Waals surface area contributed by atoms with Gasteiger partial charge in [-0.25, -0.2) is 0 Å². The van der Waals surface area contributed by atoms with E-state index in [0.717, 1.165) is 0 Å². The van der Waals surface area contributed by atoms with Gasteiger partial charge in [0, 0.05) is 43.2 Å². The molecule has 1 aromatic rings. The molecule has 0 bridgehead atoms. The van der Waals surface area contributed by atoms with Crippen LogP contribution in [-0.4, -0.2) is 75.6 Å². The van der Waals surface area contributed by atoms with Crippen LogP contribution in [0.3, 0.4) is 0 Å². The number of phenolic OH excluding ortho intramolecular Hbond substituents is 1. The molecule has 1 fully saturated rings. The maximum Gasteiger partial charge on any atom is 0.255 e. The first kappa shape index (κ1) is 28.1. The molecule has 4 rings (SSSR count). The number of anilines is 2. The van der Waals surface area contributed by atoms with Crippen molar-refractivity contribution in [3.05, 3.63) is 34.1 Å². The van der Waals surface area contributed by atoms with Gasteiger partial charge in [0.25, 0.3) is 5.91 Å². The molecule has 12 heteroatoms. The second-order valence-electron chi connectivity index (χ2n) is 11.6. The van der Waals surface area contributed by atoms with Crippen molar-refractivity contribution in [1.29, 1.82) is 0 Å². The number of carbonyl (C=O) groups is 4. The first-order valence-electron chi connectivity index (χ1n) is 12.6. The Morgan fingerprint density at radius 1 is 1.15 bits per heavy atom.